The molecule has 0 bridgehead atoms. The Labute approximate surface area is 86.5 Å². The Morgan fingerprint density at radius 2 is 2.21 bits per heavy atom. The van der Waals surface area contributed by atoms with Crippen molar-refractivity contribution >= 4 is 0 Å². The van der Waals surface area contributed by atoms with Crippen LogP contribution in [0, 0.1) is 5.92 Å². The van der Waals surface area contributed by atoms with E-state index in [9.17, 15) is 0 Å². The van der Waals surface area contributed by atoms with Gasteiger partial charge in [0, 0.05) is 18.9 Å². The molecule has 0 radical (unpaired) electrons. The second-order valence-corrected chi connectivity index (χ2v) is 4.11. The summed E-state index contributed by atoms with van der Waals surface area (Å²) in [4.78, 5) is 4.01. The third-order valence-corrected chi connectivity index (χ3v) is 2.13. The molecule has 0 saturated carbocycles. The van der Waals surface area contributed by atoms with E-state index in [1.165, 1.54) is 12.8 Å². The molecule has 1 aromatic rings. The predicted octanol–water partition coefficient (Wildman–Crippen LogP) is 1.91. The number of nitrogens with zero attached hydrogens (tertiary/aromatic N) is 2. The molecule has 1 N–H and O–H groups in total. The molecule has 0 aliphatic heterocycles. The Kier molecular flexibility index (Phi) is 5.30. The normalized spacial score (nSPS) is 11.1. The number of aromatic nitrogens is 2. The first-order valence-corrected chi connectivity index (χ1v) is 5.45. The lowest BCUT2D eigenvalue weighted by Crippen LogP contribution is -2.20. The topological polar surface area (TPSA) is 29.9 Å². The highest BCUT2D eigenvalue weighted by Gasteiger charge is 1.93. The fraction of sp³-hybridized carbons (Fsp3) is 0.727. The van der Waals surface area contributed by atoms with Gasteiger partial charge in [0.05, 0.1) is 6.33 Å². The first kappa shape index (κ1) is 11.2. The summed E-state index contributed by atoms with van der Waals surface area (Å²) in [7, 11) is 0. The van der Waals surface area contributed by atoms with Crippen molar-refractivity contribution in [1.29, 1.82) is 0 Å². The molecular weight excluding hydrogens is 174 g/mol. The summed E-state index contributed by atoms with van der Waals surface area (Å²) in [6.07, 6.45) is 8.19. The van der Waals surface area contributed by atoms with E-state index < -0.39 is 0 Å². The maximum absolute atomic E-state index is 4.01. The van der Waals surface area contributed by atoms with Crippen LogP contribution in [0.1, 0.15) is 26.7 Å². The molecule has 0 aliphatic rings. The van der Waals surface area contributed by atoms with Crippen LogP contribution in [-0.4, -0.2) is 22.6 Å². The van der Waals surface area contributed by atoms with Crippen LogP contribution in [0.3, 0.4) is 0 Å². The lowest BCUT2D eigenvalue weighted by molar-refractivity contribution is 0.519. The molecule has 80 valence electrons. The number of aryl methyl sites for hydroxylation is 1. The third-order valence-electron chi connectivity index (χ3n) is 2.13. The van der Waals surface area contributed by atoms with E-state index >= 15 is 0 Å². The zero-order valence-electron chi connectivity index (χ0n) is 9.24. The monoisotopic (exact) mass is 195 g/mol. The van der Waals surface area contributed by atoms with Crippen LogP contribution in [0.2, 0.25) is 0 Å². The molecule has 3 heteroatoms. The van der Waals surface area contributed by atoms with Crippen LogP contribution in [0.5, 0.6) is 0 Å². The summed E-state index contributed by atoms with van der Waals surface area (Å²) in [6.45, 7) is 7.82. The zero-order chi connectivity index (χ0) is 10.2. The van der Waals surface area contributed by atoms with Gasteiger partial charge in [0.2, 0.25) is 0 Å². The van der Waals surface area contributed by atoms with Gasteiger partial charge in [-0.3, -0.25) is 0 Å². The lowest BCUT2D eigenvalue weighted by atomic mass is 10.2. The highest BCUT2D eigenvalue weighted by Crippen LogP contribution is 1.94. The maximum Gasteiger partial charge on any atom is 0.0945 e. The van der Waals surface area contributed by atoms with Gasteiger partial charge in [0.25, 0.3) is 0 Å². The van der Waals surface area contributed by atoms with Gasteiger partial charge in [0.15, 0.2) is 0 Å². The van der Waals surface area contributed by atoms with Crippen LogP contribution in [-0.2, 0) is 6.54 Å². The van der Waals surface area contributed by atoms with Crippen molar-refractivity contribution in [2.75, 3.05) is 13.1 Å². The molecule has 0 aliphatic carbocycles. The zero-order valence-corrected chi connectivity index (χ0v) is 9.24. The average Bonchev–Trinajstić information content (AvgIpc) is 2.63. The minimum absolute atomic E-state index is 0.753. The van der Waals surface area contributed by atoms with Crippen molar-refractivity contribution in [1.82, 2.24) is 14.9 Å². The lowest BCUT2D eigenvalue weighted by Gasteiger charge is -2.07. The van der Waals surface area contributed by atoms with Gasteiger partial charge in [-0.25, -0.2) is 4.98 Å². The Hall–Kier alpha value is -0.830. The molecular formula is C11H21N3. The summed E-state index contributed by atoms with van der Waals surface area (Å²) in [5.74, 6) is 0.753. The second-order valence-electron chi connectivity index (χ2n) is 4.11. The van der Waals surface area contributed by atoms with Gasteiger partial charge in [-0.05, 0) is 31.8 Å². The van der Waals surface area contributed by atoms with Crippen LogP contribution in [0.25, 0.3) is 0 Å². The van der Waals surface area contributed by atoms with Gasteiger partial charge in [-0.2, -0.15) is 0 Å². The minimum atomic E-state index is 0.753. The average molecular weight is 195 g/mol. The van der Waals surface area contributed by atoms with Crippen molar-refractivity contribution in [2.24, 2.45) is 5.92 Å². The Morgan fingerprint density at radius 3 is 2.86 bits per heavy atom. The molecule has 1 rings (SSSR count). The van der Waals surface area contributed by atoms with E-state index in [1.807, 2.05) is 18.7 Å². The molecule has 1 aromatic heterocycles. The Morgan fingerprint density at radius 1 is 1.36 bits per heavy atom. The van der Waals surface area contributed by atoms with E-state index in [0.29, 0.717) is 0 Å². The van der Waals surface area contributed by atoms with Gasteiger partial charge in [-0.1, -0.05) is 13.8 Å². The fourth-order valence-electron chi connectivity index (χ4n) is 1.35. The minimum Gasteiger partial charge on any atom is -0.337 e. The largest absolute Gasteiger partial charge is 0.337 e. The van der Waals surface area contributed by atoms with Crippen molar-refractivity contribution in [2.45, 2.75) is 33.2 Å². The van der Waals surface area contributed by atoms with Gasteiger partial charge in [-0.15, -0.1) is 0 Å². The number of imidazole rings is 1. The molecule has 14 heavy (non-hydrogen) atoms. The summed E-state index contributed by atoms with van der Waals surface area (Å²) < 4.78 is 2.13. The van der Waals surface area contributed by atoms with Gasteiger partial charge >= 0.3 is 0 Å². The molecule has 0 fully saturated rings. The Bertz CT molecular complexity index is 216. The number of rotatable bonds is 7. The number of unbranched alkanes of at least 4 members (excludes halogenated alkanes) is 1. The number of hydrogen-bond acceptors (Lipinski definition) is 2. The van der Waals surface area contributed by atoms with Gasteiger partial charge in [0.1, 0.15) is 0 Å². The van der Waals surface area contributed by atoms with Crippen molar-refractivity contribution < 1.29 is 0 Å². The van der Waals surface area contributed by atoms with E-state index in [0.717, 1.165) is 25.6 Å². The third kappa shape index (κ3) is 5.02. The molecule has 1 heterocycles. The molecule has 0 saturated heterocycles. The molecule has 0 amide bonds. The smallest absolute Gasteiger partial charge is 0.0945 e. The first-order chi connectivity index (χ1) is 6.79. The van der Waals surface area contributed by atoms with Crippen molar-refractivity contribution in [3.8, 4) is 0 Å². The summed E-state index contributed by atoms with van der Waals surface area (Å²) in [5, 5.41) is 3.44. The van der Waals surface area contributed by atoms with Crippen LogP contribution in [0.15, 0.2) is 18.7 Å². The number of hydrogen-bond donors (Lipinski definition) is 1. The molecule has 3 nitrogen and oxygen atoms in total. The van der Waals surface area contributed by atoms with E-state index in [-0.39, 0.29) is 0 Å². The van der Waals surface area contributed by atoms with Crippen molar-refractivity contribution in [3.05, 3.63) is 18.7 Å². The molecule has 0 aromatic carbocycles. The van der Waals surface area contributed by atoms with Crippen LogP contribution >= 0.6 is 0 Å². The van der Waals surface area contributed by atoms with Crippen molar-refractivity contribution in [3.63, 3.8) is 0 Å². The summed E-state index contributed by atoms with van der Waals surface area (Å²) in [5.41, 5.74) is 0. The fourth-order valence-corrected chi connectivity index (χ4v) is 1.35. The SMILES string of the molecule is CC(C)CNCCCCn1ccnc1. The standard InChI is InChI=1S/C11H21N3/c1-11(2)9-12-5-3-4-7-14-8-6-13-10-14/h6,8,10-12H,3-5,7,9H2,1-2H3. The Balaban J connectivity index is 1.90. The highest BCUT2D eigenvalue weighted by molar-refractivity contribution is 4.73. The second kappa shape index (κ2) is 6.60. The predicted molar refractivity (Wildman–Crippen MR) is 59.2 cm³/mol. The van der Waals surface area contributed by atoms with E-state index in [4.69, 9.17) is 0 Å². The highest BCUT2D eigenvalue weighted by atomic mass is 15.0. The molecule has 0 atom stereocenters. The van der Waals surface area contributed by atoms with Gasteiger partial charge < -0.3 is 9.88 Å². The first-order valence-electron chi connectivity index (χ1n) is 5.45. The summed E-state index contributed by atoms with van der Waals surface area (Å²) in [6, 6.07) is 0. The van der Waals surface area contributed by atoms with Crippen LogP contribution in [0.4, 0.5) is 0 Å². The van der Waals surface area contributed by atoms with Crippen LogP contribution < -0.4 is 5.32 Å². The van der Waals surface area contributed by atoms with E-state index in [1.54, 1.807) is 0 Å². The molecule has 0 unspecified atom stereocenters. The number of nitrogens with one attached hydrogen (secondary N) is 1. The summed E-state index contributed by atoms with van der Waals surface area (Å²) >= 11 is 0. The quantitative estimate of drug-likeness (QED) is 0.674. The maximum atomic E-state index is 4.01. The van der Waals surface area contributed by atoms with E-state index in [2.05, 4.69) is 28.7 Å². The molecule has 0 spiro atoms.